The van der Waals surface area contributed by atoms with Gasteiger partial charge in [0.05, 0.1) is 12.6 Å². The van der Waals surface area contributed by atoms with Crippen LogP contribution >= 0.6 is 0 Å². The van der Waals surface area contributed by atoms with Crippen molar-refractivity contribution in [3.8, 4) is 0 Å². The zero-order valence-electron chi connectivity index (χ0n) is 9.77. The topological polar surface area (TPSA) is 65.5 Å². The van der Waals surface area contributed by atoms with Crippen molar-refractivity contribution in [1.82, 2.24) is 10.3 Å². The number of pyridine rings is 1. The van der Waals surface area contributed by atoms with Gasteiger partial charge in [-0.15, -0.1) is 0 Å². The standard InChI is InChI=1S/C11H17N3O2/c1-8(16)13-10(7-15)9-4-5-12-11(6-9)14(2)3/h4-6,10,15H,7H2,1-3H3,(H,13,16)/t10-/m1/s1. The van der Waals surface area contributed by atoms with Crippen LogP contribution in [0.4, 0.5) is 5.82 Å². The number of aromatic nitrogens is 1. The van der Waals surface area contributed by atoms with Crippen molar-refractivity contribution in [1.29, 1.82) is 0 Å². The molecule has 0 radical (unpaired) electrons. The maximum Gasteiger partial charge on any atom is 0.217 e. The number of nitrogens with zero attached hydrogens (tertiary/aromatic N) is 2. The molecule has 1 aromatic heterocycles. The molecule has 1 amide bonds. The first-order valence-electron chi connectivity index (χ1n) is 5.06. The summed E-state index contributed by atoms with van der Waals surface area (Å²) in [7, 11) is 3.77. The summed E-state index contributed by atoms with van der Waals surface area (Å²) in [4.78, 5) is 17.0. The number of aliphatic hydroxyl groups is 1. The van der Waals surface area contributed by atoms with Crippen LogP contribution in [0.2, 0.25) is 0 Å². The van der Waals surface area contributed by atoms with Crippen LogP contribution in [0.25, 0.3) is 0 Å². The number of anilines is 1. The fourth-order valence-corrected chi connectivity index (χ4v) is 1.38. The first-order valence-corrected chi connectivity index (χ1v) is 5.06. The number of carbonyl (C=O) groups excluding carboxylic acids is 1. The van der Waals surface area contributed by atoms with Crippen molar-refractivity contribution in [3.05, 3.63) is 23.9 Å². The molecule has 1 heterocycles. The molecule has 0 fully saturated rings. The lowest BCUT2D eigenvalue weighted by Gasteiger charge is -2.18. The molecule has 5 nitrogen and oxygen atoms in total. The predicted molar refractivity (Wildman–Crippen MR) is 62.2 cm³/mol. The lowest BCUT2D eigenvalue weighted by Crippen LogP contribution is -2.28. The highest BCUT2D eigenvalue weighted by molar-refractivity contribution is 5.73. The Hall–Kier alpha value is -1.62. The van der Waals surface area contributed by atoms with Crippen molar-refractivity contribution in [2.75, 3.05) is 25.6 Å². The fourth-order valence-electron chi connectivity index (χ4n) is 1.38. The van der Waals surface area contributed by atoms with Crippen LogP contribution in [0.1, 0.15) is 18.5 Å². The van der Waals surface area contributed by atoms with E-state index in [0.29, 0.717) is 0 Å². The van der Waals surface area contributed by atoms with Crippen LogP contribution in [0.15, 0.2) is 18.3 Å². The molecular weight excluding hydrogens is 206 g/mol. The molecule has 0 aliphatic heterocycles. The maximum absolute atomic E-state index is 11.0. The molecule has 0 spiro atoms. The summed E-state index contributed by atoms with van der Waals surface area (Å²) < 4.78 is 0. The first-order chi connectivity index (χ1) is 7.54. The number of hydrogen-bond donors (Lipinski definition) is 2. The second-order valence-corrected chi connectivity index (χ2v) is 3.78. The third-order valence-electron chi connectivity index (χ3n) is 2.19. The number of hydrogen-bond acceptors (Lipinski definition) is 4. The van der Waals surface area contributed by atoms with Crippen molar-refractivity contribution < 1.29 is 9.90 Å². The second kappa shape index (κ2) is 5.46. The Morgan fingerprint density at radius 2 is 2.31 bits per heavy atom. The molecule has 0 saturated carbocycles. The zero-order chi connectivity index (χ0) is 12.1. The monoisotopic (exact) mass is 223 g/mol. The van der Waals surface area contributed by atoms with Gasteiger partial charge in [-0.25, -0.2) is 4.98 Å². The van der Waals surface area contributed by atoms with Gasteiger partial charge in [-0.3, -0.25) is 4.79 Å². The number of rotatable bonds is 4. The Morgan fingerprint density at radius 3 is 2.81 bits per heavy atom. The van der Waals surface area contributed by atoms with Crippen molar-refractivity contribution >= 4 is 11.7 Å². The van der Waals surface area contributed by atoms with E-state index in [1.54, 1.807) is 12.3 Å². The molecule has 16 heavy (non-hydrogen) atoms. The number of amides is 1. The SMILES string of the molecule is CC(=O)N[C@H](CO)c1ccnc(N(C)C)c1. The van der Waals surface area contributed by atoms with Crippen LogP contribution < -0.4 is 10.2 Å². The molecule has 0 aliphatic carbocycles. The first kappa shape index (κ1) is 12.4. The van der Waals surface area contributed by atoms with E-state index < -0.39 is 0 Å². The molecule has 1 rings (SSSR count). The number of carbonyl (C=O) groups is 1. The Bertz CT molecular complexity index is 366. The van der Waals surface area contributed by atoms with Crippen molar-refractivity contribution in [3.63, 3.8) is 0 Å². The van der Waals surface area contributed by atoms with Crippen molar-refractivity contribution in [2.24, 2.45) is 0 Å². The Morgan fingerprint density at radius 1 is 1.62 bits per heavy atom. The maximum atomic E-state index is 11.0. The van der Waals surface area contributed by atoms with Gasteiger partial charge in [0.2, 0.25) is 5.91 Å². The summed E-state index contributed by atoms with van der Waals surface area (Å²) in [5.74, 6) is 0.628. The average molecular weight is 223 g/mol. The Kier molecular flexibility index (Phi) is 4.25. The lowest BCUT2D eigenvalue weighted by atomic mass is 10.1. The van der Waals surface area contributed by atoms with Gasteiger partial charge in [-0.2, -0.15) is 0 Å². The van der Waals surface area contributed by atoms with E-state index in [9.17, 15) is 9.90 Å². The summed E-state index contributed by atoms with van der Waals surface area (Å²) >= 11 is 0. The summed E-state index contributed by atoms with van der Waals surface area (Å²) in [6.07, 6.45) is 1.66. The summed E-state index contributed by atoms with van der Waals surface area (Å²) in [6.45, 7) is 1.30. The van der Waals surface area contributed by atoms with Gasteiger partial charge in [-0.1, -0.05) is 0 Å². The van der Waals surface area contributed by atoms with Gasteiger partial charge in [-0.05, 0) is 17.7 Å². The Labute approximate surface area is 95.1 Å². The fraction of sp³-hybridized carbons (Fsp3) is 0.455. The number of aliphatic hydroxyl groups excluding tert-OH is 1. The van der Waals surface area contributed by atoms with Gasteiger partial charge >= 0.3 is 0 Å². The highest BCUT2D eigenvalue weighted by atomic mass is 16.3. The summed E-state index contributed by atoms with van der Waals surface area (Å²) in [6, 6.07) is 3.25. The van der Waals surface area contributed by atoms with Gasteiger partial charge in [0.25, 0.3) is 0 Å². The van der Waals surface area contributed by atoms with E-state index >= 15 is 0 Å². The molecule has 88 valence electrons. The predicted octanol–water partition coefficient (Wildman–Crippen LogP) is 0.317. The van der Waals surface area contributed by atoms with E-state index in [-0.39, 0.29) is 18.6 Å². The average Bonchev–Trinajstić information content (AvgIpc) is 2.25. The molecule has 5 heteroatoms. The number of nitrogens with one attached hydrogen (secondary N) is 1. The summed E-state index contributed by atoms with van der Waals surface area (Å²) in [5, 5.41) is 11.9. The summed E-state index contributed by atoms with van der Waals surface area (Å²) in [5.41, 5.74) is 0.844. The van der Waals surface area contributed by atoms with Gasteiger partial charge in [0, 0.05) is 27.2 Å². The minimum Gasteiger partial charge on any atom is -0.394 e. The van der Waals surface area contributed by atoms with Gasteiger partial charge < -0.3 is 15.3 Å². The molecule has 0 saturated heterocycles. The van der Waals surface area contributed by atoms with E-state index in [0.717, 1.165) is 11.4 Å². The molecule has 0 aromatic carbocycles. The second-order valence-electron chi connectivity index (χ2n) is 3.78. The van der Waals surface area contributed by atoms with Crippen LogP contribution in [-0.2, 0) is 4.79 Å². The lowest BCUT2D eigenvalue weighted by molar-refractivity contribution is -0.120. The normalized spacial score (nSPS) is 12.0. The largest absolute Gasteiger partial charge is 0.394 e. The zero-order valence-corrected chi connectivity index (χ0v) is 9.77. The highest BCUT2D eigenvalue weighted by Gasteiger charge is 2.12. The molecular formula is C11H17N3O2. The van der Waals surface area contributed by atoms with Crippen LogP contribution in [0, 0.1) is 0 Å². The quantitative estimate of drug-likeness (QED) is 0.771. The van der Waals surface area contributed by atoms with Crippen LogP contribution in [0.3, 0.4) is 0 Å². The van der Waals surface area contributed by atoms with E-state index in [2.05, 4.69) is 10.3 Å². The minimum absolute atomic E-state index is 0.129. The highest BCUT2D eigenvalue weighted by Crippen LogP contribution is 2.16. The molecule has 2 N–H and O–H groups in total. The molecule has 0 bridgehead atoms. The van der Waals surface area contributed by atoms with E-state index in [1.165, 1.54) is 6.92 Å². The van der Waals surface area contributed by atoms with Gasteiger partial charge in [0.1, 0.15) is 5.82 Å². The third-order valence-corrected chi connectivity index (χ3v) is 2.19. The van der Waals surface area contributed by atoms with Crippen LogP contribution in [-0.4, -0.2) is 36.7 Å². The van der Waals surface area contributed by atoms with E-state index in [1.807, 2.05) is 25.1 Å². The third kappa shape index (κ3) is 3.20. The smallest absolute Gasteiger partial charge is 0.217 e. The van der Waals surface area contributed by atoms with E-state index in [4.69, 9.17) is 0 Å². The molecule has 0 aliphatic rings. The van der Waals surface area contributed by atoms with Gasteiger partial charge in [0.15, 0.2) is 0 Å². The minimum atomic E-state index is -0.376. The molecule has 1 atom stereocenters. The Balaban J connectivity index is 2.92. The molecule has 1 aromatic rings. The van der Waals surface area contributed by atoms with Crippen LogP contribution in [0.5, 0.6) is 0 Å². The van der Waals surface area contributed by atoms with Crippen molar-refractivity contribution in [2.45, 2.75) is 13.0 Å². The molecule has 0 unspecified atom stereocenters.